The van der Waals surface area contributed by atoms with Gasteiger partial charge in [0.25, 0.3) is 0 Å². The van der Waals surface area contributed by atoms with E-state index in [0.717, 1.165) is 5.69 Å². The number of aromatic nitrogens is 2. The average molecular weight is 208 g/mol. The molecule has 72 valence electrons. The van der Waals surface area contributed by atoms with Gasteiger partial charge in [0.2, 0.25) is 0 Å². The Morgan fingerprint density at radius 1 is 1.36 bits per heavy atom. The number of rotatable bonds is 1. The highest BCUT2D eigenvalue weighted by Gasteiger charge is 2.00. The molecule has 1 heterocycles. The average Bonchev–Trinajstić information content (AvgIpc) is 2.57. The zero-order valence-electron chi connectivity index (χ0n) is 7.62. The van der Waals surface area contributed by atoms with Gasteiger partial charge in [-0.05, 0) is 36.8 Å². The van der Waals surface area contributed by atoms with Crippen molar-refractivity contribution in [1.29, 1.82) is 0 Å². The van der Waals surface area contributed by atoms with Crippen molar-refractivity contribution in [1.82, 2.24) is 9.78 Å². The summed E-state index contributed by atoms with van der Waals surface area (Å²) in [6.07, 6.45) is 1.81. The minimum absolute atomic E-state index is 0.195. The third kappa shape index (κ3) is 1.61. The van der Waals surface area contributed by atoms with E-state index in [4.69, 9.17) is 12.2 Å². The Balaban J connectivity index is 2.52. The molecule has 1 N–H and O–H groups in total. The number of hydrogen-bond donors (Lipinski definition) is 1. The van der Waals surface area contributed by atoms with E-state index in [0.29, 0.717) is 10.2 Å². The van der Waals surface area contributed by atoms with Gasteiger partial charge in [0, 0.05) is 6.20 Å². The normalized spacial score (nSPS) is 10.4. The van der Waals surface area contributed by atoms with Gasteiger partial charge in [-0.3, -0.25) is 9.78 Å². The second-order valence-corrected chi connectivity index (χ2v) is 3.54. The molecule has 0 radical (unpaired) electrons. The fourth-order valence-electron chi connectivity index (χ4n) is 1.26. The Hall–Kier alpha value is -1.42. The summed E-state index contributed by atoms with van der Waals surface area (Å²) in [5.74, 6) is -0.195. The fraction of sp³-hybridized carbons (Fsp3) is 0.100. The predicted molar refractivity (Wildman–Crippen MR) is 55.6 cm³/mol. The zero-order chi connectivity index (χ0) is 10.1. The second-order valence-electron chi connectivity index (χ2n) is 3.10. The third-order valence-electron chi connectivity index (χ3n) is 2.03. The highest BCUT2D eigenvalue weighted by Crippen LogP contribution is 2.12. The van der Waals surface area contributed by atoms with E-state index < -0.39 is 0 Å². The van der Waals surface area contributed by atoms with Gasteiger partial charge in [0.15, 0.2) is 0 Å². The van der Waals surface area contributed by atoms with Crippen LogP contribution in [0, 0.1) is 17.4 Å². The summed E-state index contributed by atoms with van der Waals surface area (Å²) < 4.78 is 15.4. The fourth-order valence-corrected chi connectivity index (χ4v) is 1.42. The maximum Gasteiger partial charge on any atom is 0.126 e. The van der Waals surface area contributed by atoms with Crippen LogP contribution in [0.2, 0.25) is 0 Å². The Morgan fingerprint density at radius 2 is 2.14 bits per heavy atom. The van der Waals surface area contributed by atoms with Crippen molar-refractivity contribution in [2.75, 3.05) is 0 Å². The van der Waals surface area contributed by atoms with Crippen LogP contribution in [0.3, 0.4) is 0 Å². The molecule has 2 aromatic rings. The number of halogens is 1. The highest BCUT2D eigenvalue weighted by atomic mass is 32.1. The van der Waals surface area contributed by atoms with Gasteiger partial charge in [-0.2, -0.15) is 0 Å². The Morgan fingerprint density at radius 3 is 2.71 bits per heavy atom. The Labute approximate surface area is 86.0 Å². The maximum absolute atomic E-state index is 13.0. The van der Waals surface area contributed by atoms with Crippen molar-refractivity contribution in [2.45, 2.75) is 6.92 Å². The molecular weight excluding hydrogens is 199 g/mol. The lowest BCUT2D eigenvalue weighted by atomic mass is 10.2. The van der Waals surface area contributed by atoms with Gasteiger partial charge in [0.05, 0.1) is 5.69 Å². The van der Waals surface area contributed by atoms with Crippen LogP contribution in [0.25, 0.3) is 5.69 Å². The lowest BCUT2D eigenvalue weighted by molar-refractivity contribution is 0.617. The van der Waals surface area contributed by atoms with Crippen molar-refractivity contribution >= 4 is 12.2 Å². The lowest BCUT2D eigenvalue weighted by Gasteiger charge is -2.03. The summed E-state index contributed by atoms with van der Waals surface area (Å²) in [5, 5.41) is 2.95. The molecular formula is C10H9FN2S. The molecule has 14 heavy (non-hydrogen) atoms. The van der Waals surface area contributed by atoms with Crippen LogP contribution in [0.4, 0.5) is 4.39 Å². The second kappa shape index (κ2) is 3.38. The van der Waals surface area contributed by atoms with E-state index in [1.807, 2.05) is 6.20 Å². The van der Waals surface area contributed by atoms with Gasteiger partial charge >= 0.3 is 0 Å². The lowest BCUT2D eigenvalue weighted by Crippen LogP contribution is -1.95. The summed E-state index contributed by atoms with van der Waals surface area (Å²) in [4.78, 5) is 0. The molecule has 0 atom stereocenters. The molecule has 0 saturated heterocycles. The number of aryl methyl sites for hydroxylation is 1. The SMILES string of the molecule is Cc1cc(-n2ccc(=S)[nH]2)ccc1F. The van der Waals surface area contributed by atoms with Crippen LogP contribution in [0.5, 0.6) is 0 Å². The Kier molecular flexibility index (Phi) is 2.21. The van der Waals surface area contributed by atoms with Crippen molar-refractivity contribution in [2.24, 2.45) is 0 Å². The monoisotopic (exact) mass is 208 g/mol. The summed E-state index contributed by atoms with van der Waals surface area (Å²) in [6, 6.07) is 6.70. The summed E-state index contributed by atoms with van der Waals surface area (Å²) >= 11 is 4.94. The third-order valence-corrected chi connectivity index (χ3v) is 2.25. The van der Waals surface area contributed by atoms with Crippen LogP contribution in [0.1, 0.15) is 5.56 Å². The number of nitrogens with one attached hydrogen (secondary N) is 1. The van der Waals surface area contributed by atoms with E-state index >= 15 is 0 Å². The zero-order valence-corrected chi connectivity index (χ0v) is 8.44. The largest absolute Gasteiger partial charge is 0.284 e. The highest BCUT2D eigenvalue weighted by molar-refractivity contribution is 7.71. The topological polar surface area (TPSA) is 20.7 Å². The Bertz CT molecular complexity index is 513. The number of benzene rings is 1. The van der Waals surface area contributed by atoms with E-state index in [1.54, 1.807) is 29.8 Å². The standard InChI is InChI=1S/C10H9FN2S/c1-7-6-8(2-3-9(7)11)13-5-4-10(14)12-13/h2-6H,1H3,(H,12,14). The predicted octanol–water partition coefficient (Wildman–Crippen LogP) is 2.98. The summed E-state index contributed by atoms with van der Waals surface area (Å²) in [6.45, 7) is 1.73. The quantitative estimate of drug-likeness (QED) is 0.714. The van der Waals surface area contributed by atoms with Gasteiger partial charge in [-0.25, -0.2) is 4.39 Å². The molecule has 0 saturated carbocycles. The molecule has 1 aromatic carbocycles. The number of nitrogens with zero attached hydrogens (tertiary/aromatic N) is 1. The molecule has 0 fully saturated rings. The first kappa shape index (κ1) is 9.15. The van der Waals surface area contributed by atoms with Crippen molar-refractivity contribution in [3.8, 4) is 5.69 Å². The van der Waals surface area contributed by atoms with Crippen molar-refractivity contribution in [3.63, 3.8) is 0 Å². The maximum atomic E-state index is 13.0. The molecule has 1 aromatic heterocycles. The molecule has 4 heteroatoms. The first-order valence-corrected chi connectivity index (χ1v) is 4.62. The van der Waals surface area contributed by atoms with Gasteiger partial charge in [0.1, 0.15) is 10.5 Å². The minimum Gasteiger partial charge on any atom is -0.284 e. The number of hydrogen-bond acceptors (Lipinski definition) is 1. The smallest absolute Gasteiger partial charge is 0.126 e. The van der Waals surface area contributed by atoms with E-state index in [2.05, 4.69) is 5.10 Å². The van der Waals surface area contributed by atoms with Gasteiger partial charge in [-0.15, -0.1) is 0 Å². The first-order chi connectivity index (χ1) is 6.66. The molecule has 0 aliphatic carbocycles. The number of aromatic amines is 1. The van der Waals surface area contributed by atoms with Gasteiger partial charge < -0.3 is 0 Å². The van der Waals surface area contributed by atoms with Crippen LogP contribution >= 0.6 is 12.2 Å². The van der Waals surface area contributed by atoms with Gasteiger partial charge in [-0.1, -0.05) is 12.2 Å². The first-order valence-electron chi connectivity index (χ1n) is 4.21. The van der Waals surface area contributed by atoms with Crippen LogP contribution in [0.15, 0.2) is 30.5 Å². The van der Waals surface area contributed by atoms with E-state index in [-0.39, 0.29) is 5.82 Å². The molecule has 2 rings (SSSR count). The van der Waals surface area contributed by atoms with Crippen LogP contribution < -0.4 is 0 Å². The molecule has 0 aliphatic rings. The van der Waals surface area contributed by atoms with E-state index in [9.17, 15) is 4.39 Å². The minimum atomic E-state index is -0.195. The van der Waals surface area contributed by atoms with Crippen LogP contribution in [-0.4, -0.2) is 9.78 Å². The summed E-state index contributed by atoms with van der Waals surface area (Å²) in [7, 11) is 0. The summed E-state index contributed by atoms with van der Waals surface area (Å²) in [5.41, 5.74) is 1.50. The van der Waals surface area contributed by atoms with Crippen LogP contribution in [-0.2, 0) is 0 Å². The molecule has 0 aliphatic heterocycles. The molecule has 0 spiro atoms. The molecule has 0 bridgehead atoms. The molecule has 0 amide bonds. The van der Waals surface area contributed by atoms with Crippen molar-refractivity contribution in [3.05, 3.63) is 46.5 Å². The van der Waals surface area contributed by atoms with E-state index in [1.165, 1.54) is 6.07 Å². The number of H-pyrrole nitrogens is 1. The molecule has 2 nitrogen and oxygen atoms in total. The molecule has 0 unspecified atom stereocenters. The van der Waals surface area contributed by atoms with Crippen molar-refractivity contribution < 1.29 is 4.39 Å².